The molecule has 3 aromatic rings. The molecular formula is C23H26F3N3O5S3. The van der Waals surface area contributed by atoms with Crippen molar-refractivity contribution in [1.82, 2.24) is 14.1 Å². The van der Waals surface area contributed by atoms with Crippen molar-refractivity contribution in [2.45, 2.75) is 35.5 Å². The Kier molecular flexibility index (Phi) is 9.32. The van der Waals surface area contributed by atoms with E-state index in [4.69, 9.17) is 9.84 Å². The highest BCUT2D eigenvalue weighted by molar-refractivity contribution is 7.99. The molecular weight excluding hydrogens is 551 g/mol. The van der Waals surface area contributed by atoms with Gasteiger partial charge in [-0.05, 0) is 55.3 Å². The maximum atomic E-state index is 13.3. The first-order valence-electron chi connectivity index (χ1n) is 11.1. The first-order valence-corrected chi connectivity index (χ1v) is 14.4. The lowest BCUT2D eigenvalue weighted by molar-refractivity contribution is -0.143. The summed E-state index contributed by atoms with van der Waals surface area (Å²) in [7, 11) is -2.67. The van der Waals surface area contributed by atoms with Gasteiger partial charge in [0.15, 0.2) is 6.61 Å². The van der Waals surface area contributed by atoms with E-state index in [0.29, 0.717) is 29.3 Å². The zero-order valence-corrected chi connectivity index (χ0v) is 22.7. The minimum absolute atomic E-state index is 0.0379. The highest BCUT2D eigenvalue weighted by atomic mass is 32.2. The number of aromatic nitrogens is 2. The molecule has 0 unspecified atom stereocenters. The van der Waals surface area contributed by atoms with Gasteiger partial charge in [-0.1, -0.05) is 6.92 Å². The van der Waals surface area contributed by atoms with Gasteiger partial charge in [-0.25, -0.2) is 13.2 Å². The maximum Gasteiger partial charge on any atom is 0.433 e. The lowest BCUT2D eigenvalue weighted by Gasteiger charge is -2.20. The quantitative estimate of drug-likeness (QED) is 0.298. The molecule has 0 saturated heterocycles. The predicted molar refractivity (Wildman–Crippen MR) is 136 cm³/mol. The van der Waals surface area contributed by atoms with Crippen LogP contribution < -0.4 is 4.74 Å². The third kappa shape index (κ3) is 7.27. The van der Waals surface area contributed by atoms with Crippen molar-refractivity contribution in [3.05, 3.63) is 47.7 Å². The number of benzene rings is 1. The monoisotopic (exact) mass is 577 g/mol. The topological polar surface area (TPSA) is 102 Å². The summed E-state index contributed by atoms with van der Waals surface area (Å²) in [4.78, 5) is 11.9. The molecule has 2 heterocycles. The number of alkyl halides is 3. The van der Waals surface area contributed by atoms with E-state index in [0.717, 1.165) is 32.5 Å². The van der Waals surface area contributed by atoms with Gasteiger partial charge < -0.3 is 9.84 Å². The van der Waals surface area contributed by atoms with Crippen molar-refractivity contribution in [3.8, 4) is 16.3 Å². The number of hydrogen-bond acceptors (Lipinski definition) is 7. The average Bonchev–Trinajstić information content (AvgIpc) is 3.45. The molecule has 8 nitrogen and oxygen atoms in total. The van der Waals surface area contributed by atoms with E-state index in [1.165, 1.54) is 35.2 Å². The number of carbonyl (C=O) groups is 1. The molecule has 0 amide bonds. The Hall–Kier alpha value is -2.55. The number of aliphatic carboxylic acids is 1. The van der Waals surface area contributed by atoms with Gasteiger partial charge in [-0.2, -0.15) is 22.6 Å². The molecule has 0 radical (unpaired) electrons. The second kappa shape index (κ2) is 11.9. The number of sulfonamides is 1. The first-order chi connectivity index (χ1) is 17.3. The molecule has 0 spiro atoms. The van der Waals surface area contributed by atoms with Crippen LogP contribution in [-0.4, -0.2) is 59.0 Å². The molecule has 0 aliphatic carbocycles. The van der Waals surface area contributed by atoms with E-state index in [9.17, 15) is 26.4 Å². The third-order valence-electron chi connectivity index (χ3n) is 5.18. The smallest absolute Gasteiger partial charge is 0.433 e. The summed E-state index contributed by atoms with van der Waals surface area (Å²) in [6.45, 7) is 3.74. The van der Waals surface area contributed by atoms with Crippen LogP contribution in [0.25, 0.3) is 10.6 Å². The number of halogens is 3. The van der Waals surface area contributed by atoms with Crippen molar-refractivity contribution in [2.24, 2.45) is 7.05 Å². The van der Waals surface area contributed by atoms with E-state index in [1.54, 1.807) is 19.1 Å². The number of thiophene rings is 1. The Morgan fingerprint density at radius 3 is 2.54 bits per heavy atom. The lowest BCUT2D eigenvalue weighted by Crippen LogP contribution is -2.33. The number of aryl methyl sites for hydroxylation is 2. The fourth-order valence-corrected chi connectivity index (χ4v) is 7.49. The van der Waals surface area contributed by atoms with Crippen molar-refractivity contribution >= 4 is 39.1 Å². The summed E-state index contributed by atoms with van der Waals surface area (Å²) in [5.74, 6) is -0.147. The van der Waals surface area contributed by atoms with Crippen molar-refractivity contribution < 1.29 is 36.2 Å². The second-order valence-corrected chi connectivity index (χ2v) is 12.4. The Bertz CT molecular complexity index is 1350. The third-order valence-corrected chi connectivity index (χ3v) is 9.63. The summed E-state index contributed by atoms with van der Waals surface area (Å²) in [5, 5.41) is 12.7. The van der Waals surface area contributed by atoms with Crippen molar-refractivity contribution in [1.29, 1.82) is 0 Å². The number of carboxylic acids is 1. The van der Waals surface area contributed by atoms with Crippen LogP contribution >= 0.6 is 23.1 Å². The molecule has 37 heavy (non-hydrogen) atoms. The number of hydrogen-bond donors (Lipinski definition) is 1. The highest BCUT2D eigenvalue weighted by Gasteiger charge is 2.35. The molecule has 0 atom stereocenters. The summed E-state index contributed by atoms with van der Waals surface area (Å²) in [5.41, 5.74) is -0.0923. The van der Waals surface area contributed by atoms with Gasteiger partial charge in [0.25, 0.3) is 10.0 Å². The van der Waals surface area contributed by atoms with Crippen LogP contribution in [-0.2, 0) is 28.0 Å². The second-order valence-electron chi connectivity index (χ2n) is 8.02. The SMILES string of the molecule is CCCN(CCSc1ccc(OCC(=O)O)c(C)c1)S(=O)(=O)c1ccc(-c2cc(C(F)(F)F)n(C)n2)s1. The molecule has 14 heteroatoms. The van der Waals surface area contributed by atoms with Crippen LogP contribution in [0.5, 0.6) is 5.75 Å². The number of nitrogens with zero attached hydrogens (tertiary/aromatic N) is 3. The molecule has 3 rings (SSSR count). The summed E-state index contributed by atoms with van der Waals surface area (Å²) in [6.07, 6.45) is -3.97. The molecule has 1 N–H and O–H groups in total. The Morgan fingerprint density at radius 2 is 1.95 bits per heavy atom. The molecule has 2 aromatic heterocycles. The maximum absolute atomic E-state index is 13.3. The van der Waals surface area contributed by atoms with E-state index in [-0.39, 0.29) is 16.4 Å². The molecule has 0 saturated carbocycles. The number of carboxylic acid groups (broad SMARTS) is 1. The van der Waals surface area contributed by atoms with E-state index < -0.39 is 34.5 Å². The fraction of sp³-hybridized carbons (Fsp3) is 0.391. The van der Waals surface area contributed by atoms with Crippen LogP contribution in [0.1, 0.15) is 24.6 Å². The predicted octanol–water partition coefficient (Wildman–Crippen LogP) is 5.13. The zero-order valence-electron chi connectivity index (χ0n) is 20.3. The number of thioether (sulfide) groups is 1. The van der Waals surface area contributed by atoms with Gasteiger partial charge in [-0.15, -0.1) is 23.1 Å². The summed E-state index contributed by atoms with van der Waals surface area (Å²) >= 11 is 2.33. The van der Waals surface area contributed by atoms with Gasteiger partial charge >= 0.3 is 12.1 Å². The van der Waals surface area contributed by atoms with Crippen LogP contribution in [0.3, 0.4) is 0 Å². The largest absolute Gasteiger partial charge is 0.482 e. The Labute approximate surface area is 221 Å². The molecule has 1 aromatic carbocycles. The van der Waals surface area contributed by atoms with E-state index in [2.05, 4.69) is 5.10 Å². The van der Waals surface area contributed by atoms with Gasteiger partial charge in [0, 0.05) is 30.8 Å². The number of ether oxygens (including phenoxy) is 1. The van der Waals surface area contributed by atoms with Gasteiger partial charge in [-0.3, -0.25) is 4.68 Å². The number of rotatable bonds is 12. The minimum atomic E-state index is -4.56. The fourth-order valence-electron chi connectivity index (χ4n) is 3.46. The van der Waals surface area contributed by atoms with E-state index >= 15 is 0 Å². The first kappa shape index (κ1) is 29.0. The molecule has 0 bridgehead atoms. The van der Waals surface area contributed by atoms with Crippen LogP contribution in [0, 0.1) is 6.92 Å². The van der Waals surface area contributed by atoms with Gasteiger partial charge in [0.2, 0.25) is 0 Å². The summed E-state index contributed by atoms with van der Waals surface area (Å²) in [6, 6.07) is 9.07. The molecule has 0 aliphatic heterocycles. The molecule has 202 valence electrons. The van der Waals surface area contributed by atoms with Crippen LogP contribution in [0.4, 0.5) is 13.2 Å². The van der Waals surface area contributed by atoms with Gasteiger partial charge in [0.1, 0.15) is 21.3 Å². The zero-order chi connectivity index (χ0) is 27.4. The molecule has 0 aliphatic rings. The Morgan fingerprint density at radius 1 is 1.22 bits per heavy atom. The average molecular weight is 578 g/mol. The van der Waals surface area contributed by atoms with Crippen molar-refractivity contribution in [2.75, 3.05) is 25.4 Å². The van der Waals surface area contributed by atoms with E-state index in [1.807, 2.05) is 13.0 Å². The summed E-state index contributed by atoms with van der Waals surface area (Å²) < 4.78 is 73.4. The van der Waals surface area contributed by atoms with Crippen LogP contribution in [0.15, 0.2) is 45.5 Å². The molecule has 0 fully saturated rings. The normalized spacial score (nSPS) is 12.3. The van der Waals surface area contributed by atoms with Crippen molar-refractivity contribution in [3.63, 3.8) is 0 Å². The minimum Gasteiger partial charge on any atom is -0.482 e. The lowest BCUT2D eigenvalue weighted by atomic mass is 10.2. The standard InChI is InChI=1S/C23H26F3N3O5S3/c1-4-9-29(10-11-35-16-5-6-18(15(2)12-16)34-14-21(30)31)37(32,33)22-8-7-19(36-22)17-13-20(23(24,25)26)28(3)27-17/h5-8,12-13H,4,9-11,14H2,1-3H3,(H,30,31). The Balaban J connectivity index is 1.70. The van der Waals surface area contributed by atoms with Crippen LogP contribution in [0.2, 0.25) is 0 Å². The van der Waals surface area contributed by atoms with Gasteiger partial charge in [0.05, 0.1) is 4.88 Å². The highest BCUT2D eigenvalue weighted by Crippen LogP contribution is 2.36.